The molecule has 0 N–H and O–H groups in total. The highest BCUT2D eigenvalue weighted by molar-refractivity contribution is 5.72. The van der Waals surface area contributed by atoms with Gasteiger partial charge in [-0.15, -0.1) is 0 Å². The lowest BCUT2D eigenvalue weighted by molar-refractivity contribution is 0.0626. The lowest BCUT2D eigenvalue weighted by Gasteiger charge is -2.61. The maximum Gasteiger partial charge on any atom is 0.306 e. The largest absolute Gasteiger partial charge is 0.432 e. The number of nitrogens with zero attached hydrogens (tertiary/aromatic N) is 3. The van der Waals surface area contributed by atoms with Gasteiger partial charge < -0.3 is 9.32 Å². The number of hydrogen-bond donors (Lipinski definition) is 0. The molecule has 0 aliphatic carbocycles. The van der Waals surface area contributed by atoms with Crippen LogP contribution in [0.1, 0.15) is 70.1 Å². The molecular formula is C22H27N3O. The Morgan fingerprint density at radius 1 is 1.12 bits per heavy atom. The normalized spacial score (nSPS) is 28.1. The van der Waals surface area contributed by atoms with Crippen molar-refractivity contribution in [1.82, 2.24) is 9.38 Å². The average Bonchev–Trinajstić information content (AvgIpc) is 3.19. The van der Waals surface area contributed by atoms with Gasteiger partial charge in [0.2, 0.25) is 0 Å². The number of anilines is 1. The fourth-order valence-electron chi connectivity index (χ4n) is 5.63. The SMILES string of the molecule is Cc1cccc2c1N1[C@@H](C)c3c(nc4occn34)C1(C)C(C)(C)C2(C)C. The highest BCUT2D eigenvalue weighted by atomic mass is 16.3. The van der Waals surface area contributed by atoms with Crippen LogP contribution < -0.4 is 4.90 Å². The second-order valence-corrected chi connectivity index (χ2v) is 9.24. The van der Waals surface area contributed by atoms with E-state index in [1.807, 2.05) is 6.20 Å². The fourth-order valence-corrected chi connectivity index (χ4v) is 5.63. The van der Waals surface area contributed by atoms with Gasteiger partial charge in [-0.3, -0.25) is 4.40 Å². The summed E-state index contributed by atoms with van der Waals surface area (Å²) in [4.78, 5) is 7.60. The highest BCUT2D eigenvalue weighted by Crippen LogP contribution is 2.67. The second kappa shape index (κ2) is 4.36. The van der Waals surface area contributed by atoms with Gasteiger partial charge >= 0.3 is 5.84 Å². The molecule has 4 heteroatoms. The number of fused-ring (bicyclic) bond motifs is 7. The fraction of sp³-hybridized carbons (Fsp3) is 0.500. The van der Waals surface area contributed by atoms with Gasteiger partial charge in [0.1, 0.15) is 6.26 Å². The first-order chi connectivity index (χ1) is 12.1. The minimum atomic E-state index is -0.209. The van der Waals surface area contributed by atoms with E-state index in [9.17, 15) is 0 Å². The van der Waals surface area contributed by atoms with Gasteiger partial charge in [0.15, 0.2) is 0 Å². The number of para-hydroxylation sites is 1. The molecule has 1 unspecified atom stereocenters. The average molecular weight is 349 g/mol. The second-order valence-electron chi connectivity index (χ2n) is 9.24. The summed E-state index contributed by atoms with van der Waals surface area (Å²) >= 11 is 0. The zero-order chi connectivity index (χ0) is 18.6. The number of aromatic nitrogens is 2. The first-order valence-corrected chi connectivity index (χ1v) is 9.49. The van der Waals surface area contributed by atoms with Crippen molar-refractivity contribution < 1.29 is 4.42 Å². The van der Waals surface area contributed by atoms with E-state index in [4.69, 9.17) is 9.40 Å². The Morgan fingerprint density at radius 3 is 2.58 bits per heavy atom. The minimum Gasteiger partial charge on any atom is -0.432 e. The van der Waals surface area contributed by atoms with Crippen molar-refractivity contribution in [2.45, 2.75) is 65.5 Å². The molecule has 4 nitrogen and oxygen atoms in total. The van der Waals surface area contributed by atoms with E-state index in [0.717, 1.165) is 5.69 Å². The van der Waals surface area contributed by atoms with Crippen molar-refractivity contribution in [2.75, 3.05) is 4.90 Å². The van der Waals surface area contributed by atoms with Crippen molar-refractivity contribution in [3.8, 4) is 0 Å². The molecule has 3 aromatic rings. The Morgan fingerprint density at radius 2 is 1.85 bits per heavy atom. The quantitative estimate of drug-likeness (QED) is 0.548. The number of oxazole rings is 1. The number of aryl methyl sites for hydroxylation is 1. The molecule has 0 spiro atoms. The first-order valence-electron chi connectivity index (χ1n) is 9.49. The summed E-state index contributed by atoms with van der Waals surface area (Å²) in [6.07, 6.45) is 3.72. The lowest BCUT2D eigenvalue weighted by atomic mass is 9.52. The maximum absolute atomic E-state index is 5.63. The molecule has 0 saturated heterocycles. The van der Waals surface area contributed by atoms with Gasteiger partial charge in [-0.1, -0.05) is 45.9 Å². The molecule has 1 aromatic carbocycles. The predicted molar refractivity (Wildman–Crippen MR) is 104 cm³/mol. The van der Waals surface area contributed by atoms with Crippen molar-refractivity contribution >= 4 is 11.5 Å². The monoisotopic (exact) mass is 349 g/mol. The molecule has 136 valence electrons. The van der Waals surface area contributed by atoms with Crippen LogP contribution in [0.3, 0.4) is 0 Å². The Bertz CT molecular complexity index is 1050. The zero-order valence-corrected chi connectivity index (χ0v) is 16.7. The van der Waals surface area contributed by atoms with Crippen LogP contribution in [0.2, 0.25) is 0 Å². The van der Waals surface area contributed by atoms with Crippen LogP contribution in [0.4, 0.5) is 5.69 Å². The molecule has 0 saturated carbocycles. The van der Waals surface area contributed by atoms with E-state index >= 15 is 0 Å². The Balaban J connectivity index is 1.94. The summed E-state index contributed by atoms with van der Waals surface area (Å²) in [5, 5.41) is 0. The van der Waals surface area contributed by atoms with Crippen molar-refractivity contribution in [3.63, 3.8) is 0 Å². The van der Waals surface area contributed by atoms with Crippen LogP contribution in [0, 0.1) is 12.3 Å². The van der Waals surface area contributed by atoms with Crippen molar-refractivity contribution in [3.05, 3.63) is 53.2 Å². The third-order valence-corrected chi connectivity index (χ3v) is 7.96. The summed E-state index contributed by atoms with van der Waals surface area (Å²) in [6.45, 7) is 16.5. The number of hydrogen-bond acceptors (Lipinski definition) is 3. The van der Waals surface area contributed by atoms with E-state index < -0.39 is 0 Å². The summed E-state index contributed by atoms with van der Waals surface area (Å²) < 4.78 is 7.76. The van der Waals surface area contributed by atoms with Gasteiger partial charge in [-0.2, -0.15) is 4.98 Å². The first kappa shape index (κ1) is 16.0. The summed E-state index contributed by atoms with van der Waals surface area (Å²) in [7, 11) is 0. The van der Waals surface area contributed by atoms with Crippen LogP contribution in [0.25, 0.3) is 5.84 Å². The summed E-state index contributed by atoms with van der Waals surface area (Å²) in [5.74, 6) is 0.701. The van der Waals surface area contributed by atoms with Crippen LogP contribution in [0.5, 0.6) is 0 Å². The van der Waals surface area contributed by atoms with Crippen molar-refractivity contribution in [1.29, 1.82) is 0 Å². The minimum absolute atomic E-state index is 0.00564. The van der Waals surface area contributed by atoms with E-state index in [1.54, 1.807) is 6.26 Å². The molecule has 2 aliphatic rings. The van der Waals surface area contributed by atoms with Gasteiger partial charge in [0.05, 0.1) is 23.0 Å². The van der Waals surface area contributed by atoms with Gasteiger partial charge in [0.25, 0.3) is 0 Å². The highest BCUT2D eigenvalue weighted by Gasteiger charge is 2.65. The van der Waals surface area contributed by atoms with E-state index in [0.29, 0.717) is 5.84 Å². The van der Waals surface area contributed by atoms with Gasteiger partial charge in [-0.25, -0.2) is 0 Å². The molecule has 0 amide bonds. The number of rotatable bonds is 0. The molecule has 5 rings (SSSR count). The Labute approximate surface area is 154 Å². The molecule has 26 heavy (non-hydrogen) atoms. The third kappa shape index (κ3) is 1.40. The van der Waals surface area contributed by atoms with Crippen LogP contribution in [-0.4, -0.2) is 9.38 Å². The van der Waals surface area contributed by atoms with Crippen LogP contribution >= 0.6 is 0 Å². The summed E-state index contributed by atoms with van der Waals surface area (Å²) in [5.41, 5.74) is 6.34. The Kier molecular flexibility index (Phi) is 2.68. The molecule has 2 aromatic heterocycles. The van der Waals surface area contributed by atoms with Crippen molar-refractivity contribution in [2.24, 2.45) is 5.41 Å². The van der Waals surface area contributed by atoms with E-state index in [1.165, 1.54) is 22.5 Å². The molecule has 0 fully saturated rings. The molecule has 4 heterocycles. The van der Waals surface area contributed by atoms with Gasteiger partial charge in [0, 0.05) is 17.3 Å². The van der Waals surface area contributed by atoms with Crippen LogP contribution in [0.15, 0.2) is 35.1 Å². The Hall–Kier alpha value is -2.23. The molecule has 2 atom stereocenters. The lowest BCUT2D eigenvalue weighted by Crippen LogP contribution is -2.62. The summed E-state index contributed by atoms with van der Waals surface area (Å²) in [6, 6.07) is 6.98. The van der Waals surface area contributed by atoms with Crippen LogP contribution in [-0.2, 0) is 11.0 Å². The smallest absolute Gasteiger partial charge is 0.306 e. The molecular weight excluding hydrogens is 322 g/mol. The number of imidazole rings is 1. The zero-order valence-electron chi connectivity index (χ0n) is 16.7. The number of benzene rings is 1. The van der Waals surface area contributed by atoms with E-state index in [-0.39, 0.29) is 22.4 Å². The predicted octanol–water partition coefficient (Wildman–Crippen LogP) is 5.35. The topological polar surface area (TPSA) is 33.7 Å². The molecule has 0 bridgehead atoms. The van der Waals surface area contributed by atoms with E-state index in [2.05, 4.69) is 76.0 Å². The van der Waals surface area contributed by atoms with Gasteiger partial charge in [-0.05, 0) is 37.3 Å². The standard InChI is InChI=1S/C22H27N3O/c1-13-9-8-10-15-16(13)25-14(2)17-18(23-19-24(17)11-12-26-19)22(25,7)21(5,6)20(15,3)4/h8-12,14H,1-7H3/t14-,22?/m0/s1. The maximum atomic E-state index is 5.63. The molecule has 0 radical (unpaired) electrons. The third-order valence-electron chi connectivity index (χ3n) is 7.96. The molecule has 2 aliphatic heterocycles.